The number of hydrogen-bond donors (Lipinski definition) is 1. The Morgan fingerprint density at radius 1 is 1.27 bits per heavy atom. The maximum absolute atomic E-state index is 13.1. The molecule has 2 aromatic rings. The smallest absolute Gasteiger partial charge is 0.257 e. The fourth-order valence-corrected chi connectivity index (χ4v) is 5.33. The standard InChI is InChI=1S/C17H23N3O4S2/c1-12-15(17(21)20-6-8-24-9-7-20)16(13(2)19(12)3)26(22,23)18-11-14-5-4-10-25-14/h4-5,10,18H,6-9,11H2,1-3H3. The minimum Gasteiger partial charge on any atom is -0.378 e. The molecule has 26 heavy (non-hydrogen) atoms. The minimum atomic E-state index is -3.83. The van der Waals surface area contributed by atoms with Crippen LogP contribution in [0.3, 0.4) is 0 Å². The third kappa shape index (κ3) is 3.57. The lowest BCUT2D eigenvalue weighted by Gasteiger charge is -2.27. The molecule has 7 nitrogen and oxygen atoms in total. The van der Waals surface area contributed by atoms with Gasteiger partial charge < -0.3 is 14.2 Å². The van der Waals surface area contributed by atoms with Gasteiger partial charge in [-0.2, -0.15) is 0 Å². The fourth-order valence-electron chi connectivity index (χ4n) is 3.07. The number of amides is 1. The Bertz CT molecular complexity index is 895. The molecule has 1 aliphatic heterocycles. The molecule has 1 aliphatic rings. The van der Waals surface area contributed by atoms with Gasteiger partial charge in [-0.15, -0.1) is 11.3 Å². The van der Waals surface area contributed by atoms with E-state index in [1.807, 2.05) is 17.5 Å². The average Bonchev–Trinajstić information content (AvgIpc) is 3.23. The van der Waals surface area contributed by atoms with Crippen LogP contribution in [0.15, 0.2) is 22.4 Å². The Morgan fingerprint density at radius 2 is 1.96 bits per heavy atom. The van der Waals surface area contributed by atoms with Crippen molar-refractivity contribution in [3.8, 4) is 0 Å². The SMILES string of the molecule is Cc1c(C(=O)N2CCOCC2)c(S(=O)(=O)NCc2cccs2)c(C)n1C. The molecule has 1 amide bonds. The van der Waals surface area contributed by atoms with Crippen LogP contribution in [-0.2, 0) is 28.4 Å². The molecule has 0 atom stereocenters. The number of carbonyl (C=O) groups is 1. The highest BCUT2D eigenvalue weighted by Crippen LogP contribution is 2.28. The molecule has 142 valence electrons. The van der Waals surface area contributed by atoms with Gasteiger partial charge in [0.05, 0.1) is 18.8 Å². The maximum atomic E-state index is 13.1. The van der Waals surface area contributed by atoms with Crippen LogP contribution in [0, 0.1) is 13.8 Å². The predicted octanol–water partition coefficient (Wildman–Crippen LogP) is 1.65. The topological polar surface area (TPSA) is 80.6 Å². The Morgan fingerprint density at radius 3 is 2.58 bits per heavy atom. The van der Waals surface area contributed by atoms with E-state index in [1.165, 1.54) is 11.3 Å². The van der Waals surface area contributed by atoms with Gasteiger partial charge in [0, 0.05) is 42.9 Å². The molecule has 0 aliphatic carbocycles. The number of aromatic nitrogens is 1. The monoisotopic (exact) mass is 397 g/mol. The van der Waals surface area contributed by atoms with E-state index >= 15 is 0 Å². The molecule has 0 saturated carbocycles. The van der Waals surface area contributed by atoms with Gasteiger partial charge in [-0.25, -0.2) is 13.1 Å². The average molecular weight is 398 g/mol. The van der Waals surface area contributed by atoms with Crippen molar-refractivity contribution in [1.82, 2.24) is 14.2 Å². The molecule has 1 fully saturated rings. The van der Waals surface area contributed by atoms with Crippen LogP contribution < -0.4 is 4.72 Å². The lowest BCUT2D eigenvalue weighted by Crippen LogP contribution is -2.41. The summed E-state index contributed by atoms with van der Waals surface area (Å²) in [5, 5.41) is 1.90. The molecular weight excluding hydrogens is 374 g/mol. The molecule has 3 rings (SSSR count). The Balaban J connectivity index is 1.97. The Labute approximate surface area is 157 Å². The van der Waals surface area contributed by atoms with E-state index in [0.717, 1.165) is 4.88 Å². The summed E-state index contributed by atoms with van der Waals surface area (Å²) < 4.78 is 35.7. The van der Waals surface area contributed by atoms with Crippen LogP contribution in [-0.4, -0.2) is 50.1 Å². The summed E-state index contributed by atoms with van der Waals surface area (Å²) in [4.78, 5) is 15.7. The van der Waals surface area contributed by atoms with Crippen molar-refractivity contribution in [1.29, 1.82) is 0 Å². The van der Waals surface area contributed by atoms with E-state index in [0.29, 0.717) is 37.7 Å². The van der Waals surface area contributed by atoms with Gasteiger partial charge in [-0.3, -0.25) is 4.79 Å². The highest BCUT2D eigenvalue weighted by Gasteiger charge is 2.33. The molecule has 3 heterocycles. The number of sulfonamides is 1. The molecule has 9 heteroatoms. The van der Waals surface area contributed by atoms with E-state index in [4.69, 9.17) is 4.74 Å². The molecule has 0 spiro atoms. The molecular formula is C17H23N3O4S2. The van der Waals surface area contributed by atoms with Crippen LogP contribution >= 0.6 is 11.3 Å². The summed E-state index contributed by atoms with van der Waals surface area (Å²) in [5.41, 5.74) is 1.46. The van der Waals surface area contributed by atoms with Gasteiger partial charge in [0.1, 0.15) is 4.90 Å². The van der Waals surface area contributed by atoms with Gasteiger partial charge in [-0.05, 0) is 25.3 Å². The number of nitrogens with one attached hydrogen (secondary N) is 1. The number of hydrogen-bond acceptors (Lipinski definition) is 5. The largest absolute Gasteiger partial charge is 0.378 e. The summed E-state index contributed by atoms with van der Waals surface area (Å²) in [5.74, 6) is -0.258. The molecule has 0 radical (unpaired) electrons. The zero-order chi connectivity index (χ0) is 18.9. The Hall–Kier alpha value is -1.68. The van der Waals surface area contributed by atoms with E-state index in [1.54, 1.807) is 30.4 Å². The van der Waals surface area contributed by atoms with E-state index in [2.05, 4.69) is 4.72 Å². The maximum Gasteiger partial charge on any atom is 0.257 e. The first-order valence-corrected chi connectivity index (χ1v) is 10.7. The molecule has 2 aromatic heterocycles. The summed E-state index contributed by atoms with van der Waals surface area (Å²) in [7, 11) is -2.05. The van der Waals surface area contributed by atoms with Crippen LogP contribution in [0.4, 0.5) is 0 Å². The number of nitrogens with zero attached hydrogens (tertiary/aromatic N) is 2. The molecule has 0 aromatic carbocycles. The quantitative estimate of drug-likeness (QED) is 0.832. The predicted molar refractivity (Wildman–Crippen MR) is 100.0 cm³/mol. The number of rotatable bonds is 5. The van der Waals surface area contributed by atoms with Crippen molar-refractivity contribution in [2.45, 2.75) is 25.3 Å². The van der Waals surface area contributed by atoms with E-state index in [-0.39, 0.29) is 22.9 Å². The summed E-state index contributed by atoms with van der Waals surface area (Å²) in [6.45, 7) is 5.58. The second-order valence-electron chi connectivity index (χ2n) is 6.24. The summed E-state index contributed by atoms with van der Waals surface area (Å²) >= 11 is 1.48. The first-order valence-electron chi connectivity index (χ1n) is 8.38. The highest BCUT2D eigenvalue weighted by molar-refractivity contribution is 7.89. The van der Waals surface area contributed by atoms with Crippen molar-refractivity contribution in [3.05, 3.63) is 39.3 Å². The number of morpholine rings is 1. The molecule has 0 unspecified atom stereocenters. The fraction of sp³-hybridized carbons (Fsp3) is 0.471. The third-order valence-electron chi connectivity index (χ3n) is 4.72. The van der Waals surface area contributed by atoms with Crippen LogP contribution in [0.5, 0.6) is 0 Å². The molecule has 1 saturated heterocycles. The first-order chi connectivity index (χ1) is 12.3. The third-order valence-corrected chi connectivity index (χ3v) is 7.16. The van der Waals surface area contributed by atoms with E-state index in [9.17, 15) is 13.2 Å². The van der Waals surface area contributed by atoms with Crippen molar-refractivity contribution >= 4 is 27.3 Å². The van der Waals surface area contributed by atoms with Gasteiger partial charge in [0.2, 0.25) is 10.0 Å². The normalized spacial score (nSPS) is 15.4. The van der Waals surface area contributed by atoms with Crippen LogP contribution in [0.1, 0.15) is 26.6 Å². The van der Waals surface area contributed by atoms with Crippen LogP contribution in [0.25, 0.3) is 0 Å². The second-order valence-corrected chi connectivity index (χ2v) is 8.98. The van der Waals surface area contributed by atoms with Crippen molar-refractivity contribution < 1.29 is 17.9 Å². The summed E-state index contributed by atoms with van der Waals surface area (Å²) in [6.07, 6.45) is 0. The lowest BCUT2D eigenvalue weighted by atomic mass is 10.2. The number of thiophene rings is 1. The van der Waals surface area contributed by atoms with E-state index < -0.39 is 10.0 Å². The minimum absolute atomic E-state index is 0.0746. The molecule has 1 N–H and O–H groups in total. The lowest BCUT2D eigenvalue weighted by molar-refractivity contribution is 0.0300. The van der Waals surface area contributed by atoms with Crippen molar-refractivity contribution in [3.63, 3.8) is 0 Å². The first kappa shape index (κ1) is 19.1. The highest BCUT2D eigenvalue weighted by atomic mass is 32.2. The van der Waals surface area contributed by atoms with Crippen molar-refractivity contribution in [2.75, 3.05) is 26.3 Å². The Kier molecular flexibility index (Phi) is 5.52. The van der Waals surface area contributed by atoms with Crippen molar-refractivity contribution in [2.24, 2.45) is 7.05 Å². The van der Waals surface area contributed by atoms with Gasteiger partial charge in [0.15, 0.2) is 0 Å². The van der Waals surface area contributed by atoms with Gasteiger partial charge in [-0.1, -0.05) is 6.07 Å². The zero-order valence-electron chi connectivity index (χ0n) is 15.1. The molecule has 0 bridgehead atoms. The van der Waals surface area contributed by atoms with Crippen LogP contribution in [0.2, 0.25) is 0 Å². The number of ether oxygens (including phenoxy) is 1. The van der Waals surface area contributed by atoms with Gasteiger partial charge >= 0.3 is 0 Å². The second kappa shape index (κ2) is 7.51. The van der Waals surface area contributed by atoms with Gasteiger partial charge in [0.25, 0.3) is 5.91 Å². The summed E-state index contributed by atoms with van der Waals surface area (Å²) in [6, 6.07) is 3.75. The zero-order valence-corrected chi connectivity index (χ0v) is 16.7. The number of carbonyl (C=O) groups excluding carboxylic acids is 1.